The van der Waals surface area contributed by atoms with Crippen LogP contribution >= 0.6 is 15.9 Å². The van der Waals surface area contributed by atoms with E-state index in [4.69, 9.17) is 4.74 Å². The quantitative estimate of drug-likeness (QED) is 0.380. The number of nitro groups is 1. The summed E-state index contributed by atoms with van der Waals surface area (Å²) in [5, 5.41) is 11.1. The van der Waals surface area contributed by atoms with Crippen LogP contribution in [0.1, 0.15) is 5.56 Å². The van der Waals surface area contributed by atoms with Gasteiger partial charge in [0.1, 0.15) is 10.4 Å². The maximum absolute atomic E-state index is 13.1. The molecule has 134 valence electrons. The first-order valence-corrected chi connectivity index (χ1v) is 9.40. The molecule has 0 radical (unpaired) electrons. The number of hydrogen-bond acceptors (Lipinski definition) is 6. The van der Waals surface area contributed by atoms with Crippen molar-refractivity contribution in [2.45, 2.75) is 11.8 Å². The van der Waals surface area contributed by atoms with Gasteiger partial charge < -0.3 is 4.74 Å². The summed E-state index contributed by atoms with van der Waals surface area (Å²) in [6.45, 7) is 1.57. The van der Waals surface area contributed by atoms with Crippen molar-refractivity contribution in [3.63, 3.8) is 0 Å². The molecule has 1 aromatic heterocycles. The molecule has 0 bridgehead atoms. The fourth-order valence-electron chi connectivity index (χ4n) is 2.27. The largest absolute Gasteiger partial charge is 0.383 e. The number of anilines is 1. The number of aromatic nitrogens is 1. The normalized spacial score (nSPS) is 11.3. The van der Waals surface area contributed by atoms with Crippen LogP contribution in [-0.2, 0) is 14.8 Å². The van der Waals surface area contributed by atoms with E-state index in [1.54, 1.807) is 18.2 Å². The molecule has 0 aliphatic carbocycles. The van der Waals surface area contributed by atoms with E-state index in [9.17, 15) is 18.5 Å². The number of nitrogens with zero attached hydrogens (tertiary/aromatic N) is 3. The van der Waals surface area contributed by atoms with Gasteiger partial charge in [-0.25, -0.2) is 17.7 Å². The highest BCUT2D eigenvalue weighted by molar-refractivity contribution is 9.10. The first-order valence-electron chi connectivity index (χ1n) is 7.17. The SMILES string of the molecule is COCCN(c1cccc(Br)n1)S(=O)(=O)c1cccc([N+](=O)[O-])c1C. The van der Waals surface area contributed by atoms with Crippen LogP contribution in [-0.4, -0.2) is 38.6 Å². The monoisotopic (exact) mass is 429 g/mol. The van der Waals surface area contributed by atoms with Crippen LogP contribution in [0.3, 0.4) is 0 Å². The Morgan fingerprint density at radius 3 is 2.56 bits per heavy atom. The third kappa shape index (κ3) is 4.14. The molecule has 2 aromatic rings. The van der Waals surface area contributed by atoms with E-state index in [1.807, 2.05) is 0 Å². The van der Waals surface area contributed by atoms with Crippen molar-refractivity contribution < 1.29 is 18.1 Å². The second-order valence-corrected chi connectivity index (χ2v) is 7.69. The van der Waals surface area contributed by atoms with Crippen molar-refractivity contribution in [1.82, 2.24) is 4.98 Å². The molecule has 1 aromatic carbocycles. The van der Waals surface area contributed by atoms with E-state index < -0.39 is 14.9 Å². The fourth-order valence-corrected chi connectivity index (χ4v) is 4.24. The lowest BCUT2D eigenvalue weighted by molar-refractivity contribution is -0.385. The Kier molecular flexibility index (Phi) is 6.09. The topological polar surface area (TPSA) is 103 Å². The van der Waals surface area contributed by atoms with Crippen LogP contribution in [0.15, 0.2) is 45.9 Å². The summed E-state index contributed by atoms with van der Waals surface area (Å²) in [5.41, 5.74) is -0.181. The lowest BCUT2D eigenvalue weighted by atomic mass is 10.2. The predicted octanol–water partition coefficient (Wildman–Crippen LogP) is 2.90. The molecule has 1 heterocycles. The molecular formula is C15H16BrN3O5S. The Morgan fingerprint density at radius 2 is 1.96 bits per heavy atom. The molecule has 0 atom stereocenters. The molecule has 8 nitrogen and oxygen atoms in total. The number of nitro benzene ring substituents is 1. The minimum atomic E-state index is -4.06. The van der Waals surface area contributed by atoms with Crippen LogP contribution < -0.4 is 4.31 Å². The number of hydrogen-bond donors (Lipinski definition) is 0. The summed E-state index contributed by atoms with van der Waals surface area (Å²) in [6, 6.07) is 8.83. The molecule has 0 amide bonds. The lowest BCUT2D eigenvalue weighted by Crippen LogP contribution is -2.35. The number of pyridine rings is 1. The van der Waals surface area contributed by atoms with E-state index in [1.165, 1.54) is 32.2 Å². The Balaban J connectivity index is 2.60. The van der Waals surface area contributed by atoms with Crippen molar-refractivity contribution in [1.29, 1.82) is 0 Å². The molecule has 0 fully saturated rings. The molecule has 2 rings (SSSR count). The van der Waals surface area contributed by atoms with Gasteiger partial charge in [-0.1, -0.05) is 12.1 Å². The molecule has 0 aliphatic heterocycles. The predicted molar refractivity (Wildman–Crippen MR) is 96.2 cm³/mol. The molecule has 0 N–H and O–H groups in total. The zero-order chi connectivity index (χ0) is 18.6. The summed E-state index contributed by atoms with van der Waals surface area (Å²) < 4.78 is 32.8. The van der Waals surface area contributed by atoms with Gasteiger partial charge in [-0.05, 0) is 41.1 Å². The van der Waals surface area contributed by atoms with Crippen LogP contribution in [0.5, 0.6) is 0 Å². The summed E-state index contributed by atoms with van der Waals surface area (Å²) in [6.07, 6.45) is 0. The number of ether oxygens (including phenoxy) is 1. The van der Waals surface area contributed by atoms with Gasteiger partial charge in [0.15, 0.2) is 0 Å². The minimum absolute atomic E-state index is 0.0183. The van der Waals surface area contributed by atoms with Crippen molar-refractivity contribution in [3.8, 4) is 0 Å². The van der Waals surface area contributed by atoms with Crippen LogP contribution in [0, 0.1) is 17.0 Å². The Labute approximate surface area is 153 Å². The Bertz CT molecular complexity index is 888. The molecule has 0 unspecified atom stereocenters. The van der Waals surface area contributed by atoms with Gasteiger partial charge in [0, 0.05) is 18.7 Å². The van der Waals surface area contributed by atoms with Gasteiger partial charge in [-0.15, -0.1) is 0 Å². The fraction of sp³-hybridized carbons (Fsp3) is 0.267. The third-order valence-corrected chi connectivity index (χ3v) is 5.86. The molecule has 10 heteroatoms. The number of methoxy groups -OCH3 is 1. The molecule has 0 saturated heterocycles. The van der Waals surface area contributed by atoms with Crippen molar-refractivity contribution in [2.24, 2.45) is 0 Å². The third-order valence-electron chi connectivity index (χ3n) is 3.47. The van der Waals surface area contributed by atoms with Crippen molar-refractivity contribution in [3.05, 3.63) is 56.7 Å². The van der Waals surface area contributed by atoms with Crippen LogP contribution in [0.4, 0.5) is 11.5 Å². The van der Waals surface area contributed by atoms with Gasteiger partial charge >= 0.3 is 0 Å². The van der Waals surface area contributed by atoms with Gasteiger partial charge in [0.05, 0.1) is 23.0 Å². The van der Waals surface area contributed by atoms with E-state index in [-0.39, 0.29) is 35.1 Å². The zero-order valence-electron chi connectivity index (χ0n) is 13.5. The van der Waals surface area contributed by atoms with Crippen LogP contribution in [0.2, 0.25) is 0 Å². The average Bonchev–Trinajstić information content (AvgIpc) is 2.54. The van der Waals surface area contributed by atoms with E-state index in [2.05, 4.69) is 20.9 Å². The molecular weight excluding hydrogens is 414 g/mol. The molecule has 0 spiro atoms. The highest BCUT2D eigenvalue weighted by Crippen LogP contribution is 2.29. The Hall–Kier alpha value is -2.04. The number of rotatable bonds is 7. The molecule has 0 saturated carbocycles. The van der Waals surface area contributed by atoms with Gasteiger partial charge in [0.25, 0.3) is 15.7 Å². The van der Waals surface area contributed by atoms with Crippen LogP contribution in [0.25, 0.3) is 0 Å². The first kappa shape index (κ1) is 19.3. The second kappa shape index (κ2) is 7.89. The number of benzene rings is 1. The maximum Gasteiger partial charge on any atom is 0.273 e. The van der Waals surface area contributed by atoms with Gasteiger partial charge in [-0.3, -0.25) is 10.1 Å². The van der Waals surface area contributed by atoms with Gasteiger partial charge in [0.2, 0.25) is 0 Å². The highest BCUT2D eigenvalue weighted by atomic mass is 79.9. The molecule has 25 heavy (non-hydrogen) atoms. The summed E-state index contributed by atoms with van der Waals surface area (Å²) >= 11 is 3.21. The number of halogens is 1. The zero-order valence-corrected chi connectivity index (χ0v) is 15.9. The average molecular weight is 430 g/mol. The standard InChI is InChI=1S/C15H16BrN3O5S/c1-11-12(19(20)21)5-3-6-13(11)25(22,23)18(9-10-24-2)15-8-4-7-14(16)17-15/h3-8H,9-10H2,1-2H3. The summed E-state index contributed by atoms with van der Waals surface area (Å²) in [7, 11) is -2.61. The first-order chi connectivity index (χ1) is 11.8. The summed E-state index contributed by atoms with van der Waals surface area (Å²) in [4.78, 5) is 14.6. The van der Waals surface area contributed by atoms with Crippen molar-refractivity contribution in [2.75, 3.05) is 24.6 Å². The Morgan fingerprint density at radius 1 is 1.28 bits per heavy atom. The van der Waals surface area contributed by atoms with Gasteiger partial charge in [-0.2, -0.15) is 0 Å². The van der Waals surface area contributed by atoms with E-state index >= 15 is 0 Å². The van der Waals surface area contributed by atoms with E-state index in [0.29, 0.717) is 4.60 Å². The maximum atomic E-state index is 13.1. The number of sulfonamides is 1. The highest BCUT2D eigenvalue weighted by Gasteiger charge is 2.30. The second-order valence-electron chi connectivity index (χ2n) is 5.05. The van der Waals surface area contributed by atoms with Crippen molar-refractivity contribution >= 4 is 37.5 Å². The smallest absolute Gasteiger partial charge is 0.273 e. The van der Waals surface area contributed by atoms with E-state index in [0.717, 1.165) is 4.31 Å². The minimum Gasteiger partial charge on any atom is -0.383 e. The summed E-state index contributed by atoms with van der Waals surface area (Å²) in [5.74, 6) is 0.192. The molecule has 0 aliphatic rings. The lowest BCUT2D eigenvalue weighted by Gasteiger charge is -2.24.